The van der Waals surface area contributed by atoms with Crippen molar-refractivity contribution in [2.45, 2.75) is 26.8 Å². The van der Waals surface area contributed by atoms with Crippen LogP contribution in [0.25, 0.3) is 22.2 Å². The minimum absolute atomic E-state index is 0.397. The standard InChI is InChI=1S/C24H30N4O3/c1-3-12-31-24(29)26-18-7-5-6-17(15-18)23-22(25)20-16-19(27-10-13-30-14-11-27)8-9-21(20)28(23)4-2/h5-9,15-16H,3-4,10-14,25H2,1-2H3,(H,26,29). The van der Waals surface area contributed by atoms with E-state index in [1.807, 2.05) is 31.2 Å². The van der Waals surface area contributed by atoms with Gasteiger partial charge in [-0.25, -0.2) is 4.79 Å². The number of aromatic nitrogens is 1. The van der Waals surface area contributed by atoms with Crippen LogP contribution in [0.2, 0.25) is 0 Å². The fraction of sp³-hybridized carbons (Fsp3) is 0.375. The lowest BCUT2D eigenvalue weighted by Crippen LogP contribution is -2.36. The van der Waals surface area contributed by atoms with Crippen molar-refractivity contribution in [2.24, 2.45) is 0 Å². The van der Waals surface area contributed by atoms with E-state index >= 15 is 0 Å². The van der Waals surface area contributed by atoms with Gasteiger partial charge in [-0.05, 0) is 43.7 Å². The van der Waals surface area contributed by atoms with Crippen LogP contribution in [0, 0.1) is 0 Å². The second kappa shape index (κ2) is 9.31. The fourth-order valence-electron chi connectivity index (χ4n) is 4.12. The minimum Gasteiger partial charge on any atom is -0.449 e. The van der Waals surface area contributed by atoms with Gasteiger partial charge in [-0.1, -0.05) is 19.1 Å². The number of benzene rings is 2. The molecule has 1 aromatic heterocycles. The first-order valence-corrected chi connectivity index (χ1v) is 10.9. The molecule has 1 fully saturated rings. The molecule has 0 radical (unpaired) electrons. The van der Waals surface area contributed by atoms with E-state index in [-0.39, 0.29) is 0 Å². The number of morpholine rings is 1. The van der Waals surface area contributed by atoms with Crippen molar-refractivity contribution in [2.75, 3.05) is 48.9 Å². The predicted molar refractivity (Wildman–Crippen MR) is 126 cm³/mol. The second-order valence-electron chi connectivity index (χ2n) is 7.65. The first-order valence-electron chi connectivity index (χ1n) is 10.9. The Labute approximate surface area is 182 Å². The summed E-state index contributed by atoms with van der Waals surface area (Å²) in [6.45, 7) is 8.52. The molecule has 7 nitrogen and oxygen atoms in total. The molecular weight excluding hydrogens is 392 g/mol. The molecule has 0 saturated carbocycles. The lowest BCUT2D eigenvalue weighted by Gasteiger charge is -2.28. The third-order valence-corrected chi connectivity index (χ3v) is 5.60. The molecule has 4 rings (SSSR count). The maximum Gasteiger partial charge on any atom is 0.411 e. The van der Waals surface area contributed by atoms with E-state index in [0.717, 1.165) is 72.8 Å². The predicted octanol–water partition coefficient (Wildman–Crippen LogP) is 4.71. The number of nitrogens with two attached hydrogens (primary N) is 1. The van der Waals surface area contributed by atoms with Gasteiger partial charge in [0.15, 0.2) is 0 Å². The molecule has 1 aliphatic rings. The summed E-state index contributed by atoms with van der Waals surface area (Å²) in [4.78, 5) is 14.3. The Morgan fingerprint density at radius 1 is 1.16 bits per heavy atom. The summed E-state index contributed by atoms with van der Waals surface area (Å²) in [6, 6.07) is 14.2. The Kier molecular flexibility index (Phi) is 6.32. The Hall–Kier alpha value is -3.19. The highest BCUT2D eigenvalue weighted by Crippen LogP contribution is 2.38. The van der Waals surface area contributed by atoms with Crippen molar-refractivity contribution < 1.29 is 14.3 Å². The van der Waals surface area contributed by atoms with E-state index in [9.17, 15) is 4.79 Å². The SMILES string of the molecule is CCCOC(=O)Nc1cccc(-c2c(N)c3cc(N4CCOCC4)ccc3n2CC)c1. The van der Waals surface area contributed by atoms with Crippen molar-refractivity contribution in [3.63, 3.8) is 0 Å². The van der Waals surface area contributed by atoms with Gasteiger partial charge >= 0.3 is 6.09 Å². The first-order chi connectivity index (χ1) is 15.1. The van der Waals surface area contributed by atoms with E-state index in [1.54, 1.807) is 0 Å². The van der Waals surface area contributed by atoms with Gasteiger partial charge in [0, 0.05) is 42.0 Å². The number of anilines is 3. The Morgan fingerprint density at radius 3 is 2.71 bits per heavy atom. The fourth-order valence-corrected chi connectivity index (χ4v) is 4.12. The van der Waals surface area contributed by atoms with Crippen LogP contribution >= 0.6 is 0 Å². The lowest BCUT2D eigenvalue weighted by atomic mass is 10.1. The number of hydrogen-bond acceptors (Lipinski definition) is 5. The zero-order chi connectivity index (χ0) is 21.8. The zero-order valence-electron chi connectivity index (χ0n) is 18.2. The highest BCUT2D eigenvalue weighted by atomic mass is 16.5. The average Bonchev–Trinajstić information content (AvgIpc) is 3.09. The second-order valence-corrected chi connectivity index (χ2v) is 7.65. The quantitative estimate of drug-likeness (QED) is 0.601. The Bertz CT molecular complexity index is 1070. The van der Waals surface area contributed by atoms with Gasteiger partial charge in [0.25, 0.3) is 0 Å². The van der Waals surface area contributed by atoms with Crippen molar-refractivity contribution in [1.82, 2.24) is 4.57 Å². The Balaban J connectivity index is 1.71. The maximum atomic E-state index is 12.0. The first kappa shape index (κ1) is 21.1. The molecule has 0 atom stereocenters. The molecule has 1 amide bonds. The van der Waals surface area contributed by atoms with Gasteiger partial charge in [-0.15, -0.1) is 0 Å². The molecule has 31 heavy (non-hydrogen) atoms. The van der Waals surface area contributed by atoms with Crippen LogP contribution in [0.15, 0.2) is 42.5 Å². The largest absolute Gasteiger partial charge is 0.449 e. The van der Waals surface area contributed by atoms with E-state index in [4.69, 9.17) is 15.2 Å². The smallest absolute Gasteiger partial charge is 0.411 e. The number of ether oxygens (including phenoxy) is 2. The molecule has 0 unspecified atom stereocenters. The van der Waals surface area contributed by atoms with E-state index in [0.29, 0.717) is 12.3 Å². The van der Waals surface area contributed by atoms with Crippen molar-refractivity contribution in [1.29, 1.82) is 0 Å². The van der Waals surface area contributed by atoms with Crippen LogP contribution in [0.4, 0.5) is 21.9 Å². The van der Waals surface area contributed by atoms with Crippen molar-refractivity contribution in [3.8, 4) is 11.3 Å². The molecule has 2 aromatic carbocycles. The molecule has 164 valence electrons. The van der Waals surface area contributed by atoms with E-state index < -0.39 is 6.09 Å². The number of rotatable bonds is 6. The number of hydrogen-bond donors (Lipinski definition) is 2. The number of fused-ring (bicyclic) bond motifs is 1. The number of nitrogens with one attached hydrogen (secondary N) is 1. The number of carbonyl (C=O) groups excluding carboxylic acids is 1. The zero-order valence-corrected chi connectivity index (χ0v) is 18.2. The summed E-state index contributed by atoms with van der Waals surface area (Å²) in [5.74, 6) is 0. The van der Waals surface area contributed by atoms with Crippen molar-refractivity contribution >= 4 is 34.1 Å². The number of aryl methyl sites for hydroxylation is 1. The summed E-state index contributed by atoms with van der Waals surface area (Å²) >= 11 is 0. The van der Waals surface area contributed by atoms with Gasteiger partial charge in [0.1, 0.15) is 0 Å². The van der Waals surface area contributed by atoms with E-state index in [1.165, 1.54) is 0 Å². The Morgan fingerprint density at radius 2 is 1.97 bits per heavy atom. The average molecular weight is 423 g/mol. The molecule has 1 saturated heterocycles. The third kappa shape index (κ3) is 4.32. The van der Waals surface area contributed by atoms with Crippen LogP contribution in [0.5, 0.6) is 0 Å². The lowest BCUT2D eigenvalue weighted by molar-refractivity contribution is 0.122. The number of amides is 1. The maximum absolute atomic E-state index is 12.0. The van der Waals surface area contributed by atoms with Crippen LogP contribution in [-0.2, 0) is 16.0 Å². The summed E-state index contributed by atoms with van der Waals surface area (Å²) in [7, 11) is 0. The summed E-state index contributed by atoms with van der Waals surface area (Å²) in [6.07, 6.45) is 0.339. The minimum atomic E-state index is -0.446. The normalized spacial score (nSPS) is 14.1. The van der Waals surface area contributed by atoms with Crippen LogP contribution in [0.3, 0.4) is 0 Å². The monoisotopic (exact) mass is 422 g/mol. The number of nitrogen functional groups attached to an aromatic ring is 1. The van der Waals surface area contributed by atoms with Gasteiger partial charge < -0.3 is 24.7 Å². The molecule has 2 heterocycles. The number of nitrogens with zero attached hydrogens (tertiary/aromatic N) is 2. The highest BCUT2D eigenvalue weighted by molar-refractivity contribution is 6.02. The van der Waals surface area contributed by atoms with Gasteiger partial charge in [-0.2, -0.15) is 0 Å². The molecule has 0 aliphatic carbocycles. The van der Waals surface area contributed by atoms with Gasteiger partial charge in [-0.3, -0.25) is 5.32 Å². The highest BCUT2D eigenvalue weighted by Gasteiger charge is 2.19. The van der Waals surface area contributed by atoms with Crippen LogP contribution in [-0.4, -0.2) is 43.6 Å². The third-order valence-electron chi connectivity index (χ3n) is 5.60. The molecular formula is C24H30N4O3. The number of carbonyl (C=O) groups is 1. The van der Waals surface area contributed by atoms with Gasteiger partial charge in [0.05, 0.1) is 36.7 Å². The summed E-state index contributed by atoms with van der Waals surface area (Å²) < 4.78 is 12.8. The van der Waals surface area contributed by atoms with Crippen molar-refractivity contribution in [3.05, 3.63) is 42.5 Å². The van der Waals surface area contributed by atoms with Crippen LogP contribution < -0.4 is 16.0 Å². The molecule has 3 aromatic rings. The van der Waals surface area contributed by atoms with Gasteiger partial charge in [0.2, 0.25) is 0 Å². The topological polar surface area (TPSA) is 81.8 Å². The molecule has 0 bridgehead atoms. The van der Waals surface area contributed by atoms with E-state index in [2.05, 4.69) is 39.9 Å². The molecule has 0 spiro atoms. The molecule has 3 N–H and O–H groups in total. The molecule has 1 aliphatic heterocycles. The molecule has 7 heteroatoms. The summed E-state index contributed by atoms with van der Waals surface area (Å²) in [5, 5.41) is 3.84. The summed E-state index contributed by atoms with van der Waals surface area (Å²) in [5.41, 5.74) is 12.3. The van der Waals surface area contributed by atoms with Crippen LogP contribution in [0.1, 0.15) is 20.3 Å².